The van der Waals surface area contributed by atoms with Crippen LogP contribution >= 0.6 is 0 Å². The van der Waals surface area contributed by atoms with Crippen molar-refractivity contribution < 1.29 is 17.1 Å². The maximum atomic E-state index is 4.19. The summed E-state index contributed by atoms with van der Waals surface area (Å²) >= 11 is 0. The normalized spacial score (nSPS) is 10.4. The van der Waals surface area contributed by atoms with Crippen LogP contribution < -0.4 is 0 Å². The van der Waals surface area contributed by atoms with Crippen LogP contribution in [0.2, 0.25) is 0 Å². The van der Waals surface area contributed by atoms with E-state index in [4.69, 9.17) is 0 Å². The molecule has 134 valence electrons. The van der Waals surface area contributed by atoms with Gasteiger partial charge in [-0.05, 0) is 24.3 Å². The minimum Gasteiger partial charge on any atom is -0.267 e. The third-order valence-electron chi connectivity index (χ3n) is 3.65. The molecule has 0 radical (unpaired) electrons. The molecular formula is C24H20FeN2. The van der Waals surface area contributed by atoms with E-state index in [-0.39, 0.29) is 17.1 Å². The van der Waals surface area contributed by atoms with Crippen molar-refractivity contribution >= 4 is 24.3 Å². The zero-order valence-corrected chi connectivity index (χ0v) is 15.9. The van der Waals surface area contributed by atoms with E-state index in [1.165, 1.54) is 11.1 Å². The fourth-order valence-electron chi connectivity index (χ4n) is 2.31. The summed E-state index contributed by atoms with van der Waals surface area (Å²) in [6.07, 6.45) is 11.7. The maximum Gasteiger partial charge on any atom is 2.00 e. The third kappa shape index (κ3) is 7.41. The average Bonchev–Trinajstić information content (AvgIpc) is 3.41. The summed E-state index contributed by atoms with van der Waals surface area (Å²) in [5, 5.41) is 0. The van der Waals surface area contributed by atoms with Crippen LogP contribution in [0, 0.1) is 0 Å². The van der Waals surface area contributed by atoms with E-state index in [1.54, 1.807) is 12.4 Å². The molecule has 0 N–H and O–H groups in total. The first-order chi connectivity index (χ1) is 12.9. The van der Waals surface area contributed by atoms with E-state index in [1.807, 2.05) is 72.8 Å². The Morgan fingerprint density at radius 1 is 0.556 bits per heavy atom. The SMILES string of the molecule is C(=C\[c-]1cccc1)/c1ccccn1.C(=C\[c-]1cccc1)/c1ccccn1.[Fe+2]. The maximum absolute atomic E-state index is 4.19. The third-order valence-corrected chi connectivity index (χ3v) is 3.65. The van der Waals surface area contributed by atoms with Gasteiger partial charge in [-0.3, -0.25) is 9.97 Å². The molecule has 0 saturated carbocycles. The minimum absolute atomic E-state index is 0. The van der Waals surface area contributed by atoms with Gasteiger partial charge in [-0.15, -0.1) is 59.7 Å². The molecular weight excluding hydrogens is 372 g/mol. The minimum atomic E-state index is 0. The molecule has 0 unspecified atom stereocenters. The van der Waals surface area contributed by atoms with E-state index in [9.17, 15) is 0 Å². The van der Waals surface area contributed by atoms with Gasteiger partial charge in [0.15, 0.2) is 0 Å². The van der Waals surface area contributed by atoms with Crippen molar-refractivity contribution in [1.29, 1.82) is 0 Å². The van der Waals surface area contributed by atoms with E-state index in [0.717, 1.165) is 11.4 Å². The van der Waals surface area contributed by atoms with Gasteiger partial charge >= 0.3 is 17.1 Å². The fraction of sp³-hybridized carbons (Fsp3) is 0. The molecule has 0 amide bonds. The Morgan fingerprint density at radius 3 is 1.30 bits per heavy atom. The number of hydrogen-bond acceptors (Lipinski definition) is 2. The predicted octanol–water partition coefficient (Wildman–Crippen LogP) is 5.94. The van der Waals surface area contributed by atoms with Crippen molar-refractivity contribution in [2.45, 2.75) is 0 Å². The molecule has 2 aromatic carbocycles. The van der Waals surface area contributed by atoms with Crippen molar-refractivity contribution in [2.75, 3.05) is 0 Å². The molecule has 3 heteroatoms. The number of nitrogens with zero attached hydrogens (tertiary/aromatic N) is 2. The van der Waals surface area contributed by atoms with Gasteiger partial charge in [0.25, 0.3) is 0 Å². The second-order valence-electron chi connectivity index (χ2n) is 5.61. The second kappa shape index (κ2) is 11.6. The summed E-state index contributed by atoms with van der Waals surface area (Å²) in [7, 11) is 0. The molecule has 0 aliphatic carbocycles. The van der Waals surface area contributed by atoms with Gasteiger partial charge in [-0.1, -0.05) is 12.1 Å². The Bertz CT molecular complexity index is 827. The predicted molar refractivity (Wildman–Crippen MR) is 110 cm³/mol. The summed E-state index contributed by atoms with van der Waals surface area (Å²) in [6, 6.07) is 28.2. The molecule has 0 saturated heterocycles. The smallest absolute Gasteiger partial charge is 0.267 e. The topological polar surface area (TPSA) is 25.8 Å². The van der Waals surface area contributed by atoms with Gasteiger partial charge in [0.2, 0.25) is 0 Å². The summed E-state index contributed by atoms with van der Waals surface area (Å²) in [4.78, 5) is 8.38. The van der Waals surface area contributed by atoms with Crippen LogP contribution in [0.4, 0.5) is 0 Å². The average molecular weight is 392 g/mol. The van der Waals surface area contributed by atoms with E-state index >= 15 is 0 Å². The Hall–Kier alpha value is -3.00. The number of pyridine rings is 2. The van der Waals surface area contributed by atoms with Crippen LogP contribution in [-0.4, -0.2) is 9.97 Å². The molecule has 0 aliphatic heterocycles. The number of rotatable bonds is 4. The second-order valence-corrected chi connectivity index (χ2v) is 5.61. The molecule has 2 heterocycles. The number of aromatic nitrogens is 2. The summed E-state index contributed by atoms with van der Waals surface area (Å²) in [6.45, 7) is 0. The first-order valence-corrected chi connectivity index (χ1v) is 8.52. The number of hydrogen-bond donors (Lipinski definition) is 0. The van der Waals surface area contributed by atoms with Crippen LogP contribution in [0.15, 0.2) is 97.3 Å². The Balaban J connectivity index is 0.000000187. The van der Waals surface area contributed by atoms with Crippen LogP contribution in [-0.2, 0) is 17.1 Å². The van der Waals surface area contributed by atoms with Gasteiger partial charge in [0.05, 0.1) is 0 Å². The zero-order valence-electron chi connectivity index (χ0n) is 14.8. The molecule has 2 aromatic heterocycles. The molecule has 4 aromatic rings. The van der Waals surface area contributed by atoms with Gasteiger partial charge in [0.1, 0.15) is 0 Å². The zero-order chi connectivity index (χ0) is 17.9. The van der Waals surface area contributed by atoms with E-state index < -0.39 is 0 Å². The van der Waals surface area contributed by atoms with Crippen molar-refractivity contribution in [3.63, 3.8) is 0 Å². The van der Waals surface area contributed by atoms with Crippen molar-refractivity contribution in [1.82, 2.24) is 9.97 Å². The Morgan fingerprint density at radius 2 is 0.963 bits per heavy atom. The van der Waals surface area contributed by atoms with Gasteiger partial charge in [-0.2, -0.15) is 24.3 Å². The van der Waals surface area contributed by atoms with Crippen molar-refractivity contribution in [3.8, 4) is 0 Å². The van der Waals surface area contributed by atoms with Crippen LogP contribution in [0.5, 0.6) is 0 Å². The van der Waals surface area contributed by atoms with Gasteiger partial charge in [-0.25, -0.2) is 0 Å². The quantitative estimate of drug-likeness (QED) is 0.317. The Labute approximate surface area is 171 Å². The van der Waals surface area contributed by atoms with Crippen molar-refractivity contribution in [3.05, 3.63) is 120 Å². The van der Waals surface area contributed by atoms with Crippen LogP contribution in [0.3, 0.4) is 0 Å². The van der Waals surface area contributed by atoms with Gasteiger partial charge in [0, 0.05) is 23.8 Å². The monoisotopic (exact) mass is 392 g/mol. The van der Waals surface area contributed by atoms with Crippen molar-refractivity contribution in [2.24, 2.45) is 0 Å². The summed E-state index contributed by atoms with van der Waals surface area (Å²) in [5.41, 5.74) is 4.41. The molecule has 0 bridgehead atoms. The van der Waals surface area contributed by atoms with E-state index in [0.29, 0.717) is 0 Å². The molecule has 0 spiro atoms. The first kappa shape index (κ1) is 20.3. The largest absolute Gasteiger partial charge is 2.00 e. The Kier molecular flexibility index (Phi) is 8.71. The first-order valence-electron chi connectivity index (χ1n) is 8.52. The molecule has 27 heavy (non-hydrogen) atoms. The summed E-state index contributed by atoms with van der Waals surface area (Å²) in [5.74, 6) is 0. The summed E-state index contributed by atoms with van der Waals surface area (Å²) < 4.78 is 0. The van der Waals surface area contributed by atoms with Gasteiger partial charge < -0.3 is 0 Å². The van der Waals surface area contributed by atoms with E-state index in [2.05, 4.69) is 46.4 Å². The standard InChI is InChI=1S/2C12H10N.Fe/c2*1-2-6-11(5-1)8-9-12-7-3-4-10-13-12;/h2*1-10H;/q2*-1;+2/b2*9-8+;. The molecule has 0 fully saturated rings. The molecule has 0 aliphatic rings. The molecule has 0 atom stereocenters. The fourth-order valence-corrected chi connectivity index (χ4v) is 2.31. The molecule has 4 rings (SSSR count). The van der Waals surface area contributed by atoms with Crippen LogP contribution in [0.1, 0.15) is 22.5 Å². The van der Waals surface area contributed by atoms with Crippen LogP contribution in [0.25, 0.3) is 24.3 Å². The molecule has 2 nitrogen and oxygen atoms in total.